The molecule has 1 heterocycles. The Balaban J connectivity index is 2.65. The molecule has 17 heavy (non-hydrogen) atoms. The van der Waals surface area contributed by atoms with Crippen molar-refractivity contribution in [2.24, 2.45) is 12.0 Å². The van der Waals surface area contributed by atoms with Crippen molar-refractivity contribution in [1.29, 1.82) is 0 Å². The second-order valence-corrected chi connectivity index (χ2v) is 4.20. The van der Waals surface area contributed by atoms with E-state index >= 15 is 0 Å². The number of nitrogens with zero attached hydrogens (tertiary/aromatic N) is 3. The highest BCUT2D eigenvalue weighted by Crippen LogP contribution is 2.03. The van der Waals surface area contributed by atoms with E-state index in [0.717, 1.165) is 32.0 Å². The highest BCUT2D eigenvalue weighted by Gasteiger charge is 2.07. The normalized spacial score (nSPS) is 11.6. The van der Waals surface area contributed by atoms with E-state index in [1.807, 2.05) is 0 Å². The van der Waals surface area contributed by atoms with Crippen LogP contribution in [0.15, 0.2) is 23.3 Å². The largest absolute Gasteiger partial charge is 0.357 e. The Bertz CT molecular complexity index is 354. The first-order valence-electron chi connectivity index (χ1n) is 6.28. The van der Waals surface area contributed by atoms with E-state index in [2.05, 4.69) is 66.0 Å². The average molecular weight is 236 g/mol. The molecule has 0 aliphatic rings. The van der Waals surface area contributed by atoms with E-state index in [4.69, 9.17) is 0 Å². The molecule has 0 saturated carbocycles. The third-order valence-electron chi connectivity index (χ3n) is 2.63. The van der Waals surface area contributed by atoms with Crippen molar-refractivity contribution in [2.45, 2.75) is 26.8 Å². The molecule has 0 radical (unpaired) electrons. The van der Waals surface area contributed by atoms with Gasteiger partial charge in [0.2, 0.25) is 0 Å². The van der Waals surface area contributed by atoms with Gasteiger partial charge < -0.3 is 14.8 Å². The lowest BCUT2D eigenvalue weighted by atomic mass is 10.4. The number of hydrogen-bond acceptors (Lipinski definition) is 1. The molecule has 0 unspecified atom stereocenters. The second kappa shape index (κ2) is 6.99. The van der Waals surface area contributed by atoms with Gasteiger partial charge in [-0.25, -0.2) is 0 Å². The Morgan fingerprint density at radius 2 is 2.24 bits per heavy atom. The molecule has 96 valence electrons. The number of guanidine groups is 1. The second-order valence-electron chi connectivity index (χ2n) is 4.20. The Morgan fingerprint density at radius 1 is 1.47 bits per heavy atom. The summed E-state index contributed by atoms with van der Waals surface area (Å²) < 4.78 is 2.14. The minimum absolute atomic E-state index is 0.874. The molecule has 1 rings (SSSR count). The van der Waals surface area contributed by atoms with E-state index < -0.39 is 0 Å². The van der Waals surface area contributed by atoms with Crippen molar-refractivity contribution in [1.82, 2.24) is 14.8 Å². The van der Waals surface area contributed by atoms with Gasteiger partial charge in [0, 0.05) is 39.1 Å². The van der Waals surface area contributed by atoms with Crippen LogP contribution in [0, 0.1) is 0 Å². The maximum atomic E-state index is 4.56. The molecule has 0 aliphatic carbocycles. The van der Waals surface area contributed by atoms with Crippen LogP contribution in [0.4, 0.5) is 0 Å². The first-order chi connectivity index (χ1) is 8.19. The van der Waals surface area contributed by atoms with Gasteiger partial charge in [-0.2, -0.15) is 0 Å². The smallest absolute Gasteiger partial charge is 0.194 e. The van der Waals surface area contributed by atoms with Gasteiger partial charge in [0.05, 0.1) is 6.54 Å². The molecule has 0 atom stereocenters. The molecule has 1 aromatic rings. The molecule has 4 heteroatoms. The summed E-state index contributed by atoms with van der Waals surface area (Å²) in [6, 6.07) is 4.21. The maximum Gasteiger partial charge on any atom is 0.194 e. The van der Waals surface area contributed by atoms with Gasteiger partial charge in [-0.15, -0.1) is 0 Å². The molecule has 0 fully saturated rings. The lowest BCUT2D eigenvalue weighted by Crippen LogP contribution is -2.38. The summed E-state index contributed by atoms with van der Waals surface area (Å²) in [5.41, 5.74) is 1.29. The number of hydrogen-bond donors (Lipinski definition) is 1. The standard InChI is InChI=1S/C13H24N4/c1-5-9-15-13(14-6-2)17(4)11-12-8-7-10-16(12)3/h7-8,10H,5-6,9,11H2,1-4H3,(H,14,15). The summed E-state index contributed by atoms with van der Waals surface area (Å²) in [6.45, 7) is 6.89. The first-order valence-corrected chi connectivity index (χ1v) is 6.28. The van der Waals surface area contributed by atoms with Crippen molar-refractivity contribution >= 4 is 5.96 Å². The van der Waals surface area contributed by atoms with Crippen LogP contribution in [0.2, 0.25) is 0 Å². The summed E-state index contributed by atoms with van der Waals surface area (Å²) in [6.07, 6.45) is 3.15. The molecule has 0 amide bonds. The molecule has 1 aromatic heterocycles. The SMILES string of the molecule is CCCN=C(NCC)N(C)Cc1cccn1C. The Hall–Kier alpha value is -1.45. The number of aliphatic imine (C=N–C) groups is 1. The van der Waals surface area contributed by atoms with Gasteiger partial charge in [-0.3, -0.25) is 4.99 Å². The van der Waals surface area contributed by atoms with Gasteiger partial charge in [-0.1, -0.05) is 6.92 Å². The average Bonchev–Trinajstić information content (AvgIpc) is 2.70. The number of rotatable bonds is 5. The lowest BCUT2D eigenvalue weighted by Gasteiger charge is -2.22. The zero-order chi connectivity index (χ0) is 12.7. The molecule has 0 aromatic carbocycles. The molecular weight excluding hydrogens is 212 g/mol. The molecule has 0 saturated heterocycles. The molecule has 1 N–H and O–H groups in total. The topological polar surface area (TPSA) is 32.6 Å². The van der Waals surface area contributed by atoms with Crippen molar-refractivity contribution < 1.29 is 0 Å². The monoisotopic (exact) mass is 236 g/mol. The van der Waals surface area contributed by atoms with Crippen LogP contribution in [0.3, 0.4) is 0 Å². The van der Waals surface area contributed by atoms with Gasteiger partial charge in [0.15, 0.2) is 5.96 Å². The van der Waals surface area contributed by atoms with Crippen LogP contribution in [0.5, 0.6) is 0 Å². The number of nitrogens with one attached hydrogen (secondary N) is 1. The zero-order valence-electron chi connectivity index (χ0n) is 11.4. The quantitative estimate of drug-likeness (QED) is 0.625. The summed E-state index contributed by atoms with van der Waals surface area (Å²) >= 11 is 0. The van der Waals surface area contributed by atoms with Crippen molar-refractivity contribution in [3.05, 3.63) is 24.0 Å². The van der Waals surface area contributed by atoms with Crippen molar-refractivity contribution in [2.75, 3.05) is 20.1 Å². The van der Waals surface area contributed by atoms with E-state index in [1.165, 1.54) is 5.69 Å². The minimum atomic E-state index is 0.874. The van der Waals surface area contributed by atoms with E-state index in [1.54, 1.807) is 0 Å². The van der Waals surface area contributed by atoms with Crippen molar-refractivity contribution in [3.63, 3.8) is 0 Å². The number of aryl methyl sites for hydroxylation is 1. The molecule has 0 bridgehead atoms. The highest BCUT2D eigenvalue weighted by molar-refractivity contribution is 5.79. The van der Waals surface area contributed by atoms with Crippen LogP contribution < -0.4 is 5.32 Å². The summed E-state index contributed by atoms with van der Waals surface area (Å²) in [5.74, 6) is 0.982. The third-order valence-corrected chi connectivity index (χ3v) is 2.63. The summed E-state index contributed by atoms with van der Waals surface area (Å²) in [5, 5.41) is 3.32. The van der Waals surface area contributed by atoms with Gasteiger partial charge in [-0.05, 0) is 25.5 Å². The summed E-state index contributed by atoms with van der Waals surface area (Å²) in [7, 11) is 4.14. The third kappa shape index (κ3) is 4.13. The lowest BCUT2D eigenvalue weighted by molar-refractivity contribution is 0.462. The Labute approximate surface area is 104 Å². The minimum Gasteiger partial charge on any atom is -0.357 e. The van der Waals surface area contributed by atoms with E-state index in [0.29, 0.717) is 0 Å². The molecular formula is C13H24N4. The van der Waals surface area contributed by atoms with Crippen LogP contribution in [0.1, 0.15) is 26.0 Å². The fraction of sp³-hybridized carbons (Fsp3) is 0.615. The van der Waals surface area contributed by atoms with Crippen LogP contribution in [0.25, 0.3) is 0 Å². The zero-order valence-corrected chi connectivity index (χ0v) is 11.4. The molecule has 4 nitrogen and oxygen atoms in total. The van der Waals surface area contributed by atoms with E-state index in [9.17, 15) is 0 Å². The maximum absolute atomic E-state index is 4.56. The highest BCUT2D eigenvalue weighted by atomic mass is 15.3. The van der Waals surface area contributed by atoms with Crippen LogP contribution in [-0.4, -0.2) is 35.6 Å². The fourth-order valence-electron chi connectivity index (χ4n) is 1.67. The molecule has 0 aliphatic heterocycles. The van der Waals surface area contributed by atoms with E-state index in [-0.39, 0.29) is 0 Å². The van der Waals surface area contributed by atoms with Crippen LogP contribution >= 0.6 is 0 Å². The predicted molar refractivity (Wildman–Crippen MR) is 73.1 cm³/mol. The predicted octanol–water partition coefficient (Wildman–Crippen LogP) is 1.83. The Morgan fingerprint density at radius 3 is 2.76 bits per heavy atom. The first kappa shape index (κ1) is 13.6. The van der Waals surface area contributed by atoms with Gasteiger partial charge in [0.1, 0.15) is 0 Å². The van der Waals surface area contributed by atoms with Gasteiger partial charge >= 0.3 is 0 Å². The summed E-state index contributed by atoms with van der Waals surface area (Å²) in [4.78, 5) is 6.73. The van der Waals surface area contributed by atoms with Crippen LogP contribution in [-0.2, 0) is 13.6 Å². The fourth-order valence-corrected chi connectivity index (χ4v) is 1.67. The van der Waals surface area contributed by atoms with Gasteiger partial charge in [0.25, 0.3) is 0 Å². The van der Waals surface area contributed by atoms with Crippen molar-refractivity contribution in [3.8, 4) is 0 Å². The number of aromatic nitrogens is 1. The Kier molecular flexibility index (Phi) is 5.60. The molecule has 0 spiro atoms.